The van der Waals surface area contributed by atoms with E-state index in [9.17, 15) is 14.4 Å². The largest absolute Gasteiger partial charge is 0.328 e. The minimum atomic E-state index is -1.32. The highest BCUT2D eigenvalue weighted by molar-refractivity contribution is 6.28. The molecule has 0 saturated carbocycles. The zero-order chi connectivity index (χ0) is 13.9. The lowest BCUT2D eigenvalue weighted by Gasteiger charge is -2.36. The van der Waals surface area contributed by atoms with Crippen LogP contribution in [-0.4, -0.2) is 29.1 Å². The number of rotatable bonds is 5. The molecule has 4 amide bonds. The number of hydrogen-bond acceptors (Lipinski definition) is 3. The van der Waals surface area contributed by atoms with Crippen molar-refractivity contribution >= 4 is 41.0 Å². The monoisotopic (exact) mass is 294 g/mol. The Labute approximate surface area is 116 Å². The van der Waals surface area contributed by atoms with Gasteiger partial charge in [0.1, 0.15) is 5.41 Å². The molecule has 0 aromatic heterocycles. The molecule has 18 heavy (non-hydrogen) atoms. The number of halogens is 2. The first-order chi connectivity index (χ1) is 8.31. The van der Waals surface area contributed by atoms with Gasteiger partial charge < -0.3 is 0 Å². The third-order valence-electron chi connectivity index (χ3n) is 2.82. The fraction of sp³-hybridized carbons (Fsp3) is 0.727. The first-order valence-electron chi connectivity index (χ1n) is 5.68. The van der Waals surface area contributed by atoms with Crippen LogP contribution in [0.25, 0.3) is 0 Å². The fourth-order valence-corrected chi connectivity index (χ4v) is 2.54. The van der Waals surface area contributed by atoms with Gasteiger partial charge in [0.2, 0.25) is 11.8 Å². The third kappa shape index (κ3) is 3.14. The van der Waals surface area contributed by atoms with E-state index >= 15 is 0 Å². The lowest BCUT2D eigenvalue weighted by molar-refractivity contribution is -0.146. The molecular formula is C11H16Cl2N2O3. The van der Waals surface area contributed by atoms with Gasteiger partial charge in [-0.25, -0.2) is 4.79 Å². The number of hydrogen-bond donors (Lipinski definition) is 2. The predicted octanol–water partition coefficient (Wildman–Crippen LogP) is 1.62. The molecular weight excluding hydrogens is 279 g/mol. The molecule has 0 radical (unpaired) electrons. The number of nitrogens with one attached hydrogen (secondary N) is 2. The van der Waals surface area contributed by atoms with Gasteiger partial charge in [0.25, 0.3) is 0 Å². The Morgan fingerprint density at radius 2 is 1.61 bits per heavy atom. The van der Waals surface area contributed by atoms with Crippen LogP contribution in [0.4, 0.5) is 4.79 Å². The van der Waals surface area contributed by atoms with E-state index < -0.39 is 28.6 Å². The normalized spacial score (nSPS) is 20.6. The first kappa shape index (κ1) is 15.2. The Morgan fingerprint density at radius 1 is 1.11 bits per heavy atom. The van der Waals surface area contributed by atoms with Gasteiger partial charge in [-0.2, -0.15) is 0 Å². The maximum atomic E-state index is 12.0. The van der Waals surface area contributed by atoms with E-state index in [0.29, 0.717) is 6.42 Å². The van der Waals surface area contributed by atoms with Crippen LogP contribution in [0, 0.1) is 11.3 Å². The van der Waals surface area contributed by atoms with Gasteiger partial charge in [0.15, 0.2) is 0 Å². The van der Waals surface area contributed by atoms with Crippen molar-refractivity contribution in [2.75, 3.05) is 5.88 Å². The molecule has 1 saturated heterocycles. The topological polar surface area (TPSA) is 75.3 Å². The lowest BCUT2D eigenvalue weighted by Crippen LogP contribution is -2.63. The molecule has 0 bridgehead atoms. The van der Waals surface area contributed by atoms with Gasteiger partial charge in [0.05, 0.1) is 0 Å². The molecule has 7 heteroatoms. The Hall–Kier alpha value is -0.810. The summed E-state index contributed by atoms with van der Waals surface area (Å²) in [4.78, 5) is 35.1. The highest BCUT2D eigenvalue weighted by atomic mass is 35.5. The van der Waals surface area contributed by atoms with E-state index in [1.807, 2.05) is 13.8 Å². The summed E-state index contributed by atoms with van der Waals surface area (Å²) < 4.78 is 0. The van der Waals surface area contributed by atoms with E-state index in [4.69, 9.17) is 23.2 Å². The van der Waals surface area contributed by atoms with E-state index in [0.717, 1.165) is 0 Å². The summed E-state index contributed by atoms with van der Waals surface area (Å²) in [7, 11) is 0. The number of urea groups is 1. The zero-order valence-corrected chi connectivity index (χ0v) is 11.8. The maximum Gasteiger partial charge on any atom is 0.328 e. The molecule has 1 rings (SSSR count). The molecule has 102 valence electrons. The van der Waals surface area contributed by atoms with Crippen LogP contribution in [0.1, 0.15) is 26.7 Å². The van der Waals surface area contributed by atoms with Crippen molar-refractivity contribution < 1.29 is 14.4 Å². The Kier molecular flexibility index (Phi) is 4.99. The van der Waals surface area contributed by atoms with Crippen molar-refractivity contribution in [2.24, 2.45) is 11.3 Å². The zero-order valence-electron chi connectivity index (χ0n) is 10.3. The second-order valence-electron chi connectivity index (χ2n) is 4.87. The standard InChI is InChI=1S/C11H16Cl2N2O3/c1-6(2)3-11(4-7(13)5-12)8(16)14-10(18)15-9(11)17/h6-7H,3-5H2,1-2H3,(H2,14,15,16,17,18). The summed E-state index contributed by atoms with van der Waals surface area (Å²) >= 11 is 11.6. The summed E-state index contributed by atoms with van der Waals surface area (Å²) in [5.74, 6) is -0.953. The van der Waals surface area contributed by atoms with Crippen LogP contribution in [-0.2, 0) is 9.59 Å². The minimum absolute atomic E-state index is 0.105. The summed E-state index contributed by atoms with van der Waals surface area (Å²) in [6.45, 7) is 3.78. The number of barbiturate groups is 1. The van der Waals surface area contributed by atoms with Crippen LogP contribution < -0.4 is 10.6 Å². The molecule has 5 nitrogen and oxygen atoms in total. The number of carbonyl (C=O) groups is 3. The fourth-order valence-electron chi connectivity index (χ4n) is 2.16. The van der Waals surface area contributed by atoms with Crippen molar-refractivity contribution in [1.82, 2.24) is 10.6 Å². The molecule has 0 aliphatic carbocycles. The second-order valence-corrected chi connectivity index (χ2v) is 5.80. The van der Waals surface area contributed by atoms with Crippen molar-refractivity contribution in [3.05, 3.63) is 0 Å². The van der Waals surface area contributed by atoms with Crippen LogP contribution >= 0.6 is 23.2 Å². The quantitative estimate of drug-likeness (QED) is 0.598. The molecule has 2 N–H and O–H groups in total. The van der Waals surface area contributed by atoms with Crippen molar-refractivity contribution in [3.63, 3.8) is 0 Å². The molecule has 1 aliphatic rings. The summed E-state index contributed by atoms with van der Waals surface area (Å²) in [5.41, 5.74) is -1.32. The number of alkyl halides is 2. The van der Waals surface area contributed by atoms with E-state index in [1.165, 1.54) is 0 Å². The molecule has 1 aliphatic heterocycles. The lowest BCUT2D eigenvalue weighted by atomic mass is 9.74. The third-order valence-corrected chi connectivity index (χ3v) is 3.66. The highest BCUT2D eigenvalue weighted by Crippen LogP contribution is 2.35. The first-order valence-corrected chi connectivity index (χ1v) is 6.66. The molecule has 0 aromatic rings. The van der Waals surface area contributed by atoms with Gasteiger partial charge in [-0.1, -0.05) is 13.8 Å². The van der Waals surface area contributed by atoms with Crippen LogP contribution in [0.2, 0.25) is 0 Å². The number of carbonyl (C=O) groups excluding carboxylic acids is 3. The molecule has 1 atom stereocenters. The van der Waals surface area contributed by atoms with Crippen molar-refractivity contribution in [3.8, 4) is 0 Å². The van der Waals surface area contributed by atoms with E-state index in [2.05, 4.69) is 10.6 Å². The van der Waals surface area contributed by atoms with E-state index in [-0.39, 0.29) is 18.2 Å². The Bertz CT molecular complexity index is 351. The van der Waals surface area contributed by atoms with Crippen LogP contribution in [0.5, 0.6) is 0 Å². The summed E-state index contributed by atoms with van der Waals surface area (Å²) in [5, 5.41) is 3.74. The van der Waals surface area contributed by atoms with Crippen LogP contribution in [0.15, 0.2) is 0 Å². The van der Waals surface area contributed by atoms with Crippen molar-refractivity contribution in [1.29, 1.82) is 0 Å². The molecule has 1 unspecified atom stereocenters. The minimum Gasteiger partial charge on any atom is -0.277 e. The van der Waals surface area contributed by atoms with Crippen molar-refractivity contribution in [2.45, 2.75) is 32.1 Å². The smallest absolute Gasteiger partial charge is 0.277 e. The summed E-state index contributed by atoms with van der Waals surface area (Å²) in [6, 6.07) is -0.790. The van der Waals surface area contributed by atoms with Gasteiger partial charge >= 0.3 is 6.03 Å². The summed E-state index contributed by atoms with van der Waals surface area (Å²) in [6.07, 6.45) is 0.430. The average Bonchev–Trinajstić information content (AvgIpc) is 2.24. The molecule has 1 fully saturated rings. The Balaban J connectivity index is 3.05. The molecule has 0 spiro atoms. The van der Waals surface area contributed by atoms with Gasteiger partial charge in [-0.3, -0.25) is 20.2 Å². The Morgan fingerprint density at radius 3 is 2.00 bits per heavy atom. The second kappa shape index (κ2) is 5.89. The highest BCUT2D eigenvalue weighted by Gasteiger charge is 2.51. The number of amides is 4. The van der Waals surface area contributed by atoms with Gasteiger partial charge in [-0.15, -0.1) is 23.2 Å². The average molecular weight is 295 g/mol. The predicted molar refractivity (Wildman–Crippen MR) is 68.5 cm³/mol. The van der Waals surface area contributed by atoms with Crippen LogP contribution in [0.3, 0.4) is 0 Å². The van der Waals surface area contributed by atoms with Gasteiger partial charge in [0, 0.05) is 11.3 Å². The van der Waals surface area contributed by atoms with Gasteiger partial charge in [-0.05, 0) is 18.8 Å². The van der Waals surface area contributed by atoms with E-state index in [1.54, 1.807) is 0 Å². The maximum absolute atomic E-state index is 12.0. The molecule has 1 heterocycles. The number of imide groups is 2. The molecule has 0 aromatic carbocycles. The SMILES string of the molecule is CC(C)CC1(CC(Cl)CCl)C(=O)NC(=O)NC1=O.